The number of methoxy groups -OCH3 is 1. The SMILES string of the molecule is COc1ccc2c(c1)CC(C(=O)Nc1nc(C)ns1)CO2. The minimum Gasteiger partial charge on any atom is -0.497 e. The summed E-state index contributed by atoms with van der Waals surface area (Å²) in [5.41, 5.74) is 0.981. The average Bonchev–Trinajstić information content (AvgIpc) is 2.91. The molecule has 1 aliphatic heterocycles. The Balaban J connectivity index is 1.71. The summed E-state index contributed by atoms with van der Waals surface area (Å²) in [6.07, 6.45) is 0.621. The van der Waals surface area contributed by atoms with E-state index in [2.05, 4.69) is 14.7 Å². The number of benzene rings is 1. The van der Waals surface area contributed by atoms with Gasteiger partial charge in [-0.1, -0.05) is 0 Å². The Labute approximate surface area is 126 Å². The van der Waals surface area contributed by atoms with Crippen LogP contribution in [0.4, 0.5) is 5.13 Å². The van der Waals surface area contributed by atoms with Gasteiger partial charge < -0.3 is 14.8 Å². The van der Waals surface area contributed by atoms with Gasteiger partial charge in [-0.3, -0.25) is 4.79 Å². The number of anilines is 1. The molecule has 1 aromatic heterocycles. The Morgan fingerprint density at radius 1 is 1.52 bits per heavy atom. The summed E-state index contributed by atoms with van der Waals surface area (Å²) in [7, 11) is 1.62. The lowest BCUT2D eigenvalue weighted by Crippen LogP contribution is -2.32. The van der Waals surface area contributed by atoms with E-state index in [0.29, 0.717) is 24.0 Å². The van der Waals surface area contributed by atoms with E-state index in [1.807, 2.05) is 18.2 Å². The van der Waals surface area contributed by atoms with Gasteiger partial charge in [-0.15, -0.1) is 0 Å². The zero-order valence-electron chi connectivity index (χ0n) is 11.8. The van der Waals surface area contributed by atoms with Gasteiger partial charge in [-0.25, -0.2) is 4.98 Å². The first-order valence-corrected chi connectivity index (χ1v) is 7.34. The smallest absolute Gasteiger partial charge is 0.233 e. The fourth-order valence-corrected chi connectivity index (χ4v) is 2.80. The number of amides is 1. The van der Waals surface area contributed by atoms with Gasteiger partial charge in [0, 0.05) is 11.5 Å². The lowest BCUT2D eigenvalue weighted by molar-refractivity contribution is -0.121. The van der Waals surface area contributed by atoms with E-state index in [-0.39, 0.29) is 11.8 Å². The summed E-state index contributed by atoms with van der Waals surface area (Å²) in [6.45, 7) is 2.15. The van der Waals surface area contributed by atoms with Gasteiger partial charge in [0.05, 0.1) is 13.0 Å². The molecule has 1 aliphatic rings. The molecule has 0 aliphatic carbocycles. The highest BCUT2D eigenvalue weighted by Crippen LogP contribution is 2.31. The molecule has 1 amide bonds. The molecule has 3 rings (SSSR count). The van der Waals surface area contributed by atoms with Crippen LogP contribution in [0.3, 0.4) is 0 Å². The maximum Gasteiger partial charge on any atom is 0.233 e. The molecule has 7 heteroatoms. The molecular formula is C14H15N3O3S. The fraction of sp³-hybridized carbons (Fsp3) is 0.357. The highest BCUT2D eigenvalue weighted by Gasteiger charge is 2.27. The first-order valence-electron chi connectivity index (χ1n) is 6.56. The van der Waals surface area contributed by atoms with Gasteiger partial charge in [-0.05, 0) is 37.1 Å². The highest BCUT2D eigenvalue weighted by molar-refractivity contribution is 7.09. The number of ether oxygens (including phenoxy) is 2. The number of nitrogens with zero attached hydrogens (tertiary/aromatic N) is 2. The molecule has 2 heterocycles. The summed E-state index contributed by atoms with van der Waals surface area (Å²) >= 11 is 1.18. The third-order valence-electron chi connectivity index (χ3n) is 3.30. The molecule has 1 unspecified atom stereocenters. The average molecular weight is 305 g/mol. The van der Waals surface area contributed by atoms with Gasteiger partial charge in [0.25, 0.3) is 0 Å². The summed E-state index contributed by atoms with van der Waals surface area (Å²) < 4.78 is 14.9. The van der Waals surface area contributed by atoms with Gasteiger partial charge in [0.1, 0.15) is 23.9 Å². The zero-order chi connectivity index (χ0) is 14.8. The number of carbonyl (C=O) groups excluding carboxylic acids is 1. The normalized spacial score (nSPS) is 16.8. The molecule has 1 N–H and O–H groups in total. The van der Waals surface area contributed by atoms with Crippen LogP contribution in [-0.4, -0.2) is 29.0 Å². The van der Waals surface area contributed by atoms with Crippen LogP contribution in [-0.2, 0) is 11.2 Å². The Bertz CT molecular complexity index is 671. The van der Waals surface area contributed by atoms with Gasteiger partial charge in [0.15, 0.2) is 0 Å². The lowest BCUT2D eigenvalue weighted by Gasteiger charge is -2.24. The number of aryl methyl sites for hydroxylation is 1. The van der Waals surface area contributed by atoms with Gasteiger partial charge >= 0.3 is 0 Å². The number of carbonyl (C=O) groups is 1. The van der Waals surface area contributed by atoms with E-state index in [0.717, 1.165) is 17.1 Å². The van der Waals surface area contributed by atoms with Crippen LogP contribution in [0, 0.1) is 12.8 Å². The molecule has 6 nitrogen and oxygen atoms in total. The topological polar surface area (TPSA) is 73.3 Å². The second kappa shape index (κ2) is 5.69. The number of aromatic nitrogens is 2. The minimum absolute atomic E-state index is 0.0976. The Morgan fingerprint density at radius 2 is 2.38 bits per heavy atom. The zero-order valence-corrected chi connectivity index (χ0v) is 12.6. The van der Waals surface area contributed by atoms with Crippen molar-refractivity contribution in [2.45, 2.75) is 13.3 Å². The van der Waals surface area contributed by atoms with Crippen molar-refractivity contribution < 1.29 is 14.3 Å². The molecule has 0 bridgehead atoms. The second-order valence-electron chi connectivity index (χ2n) is 4.82. The largest absolute Gasteiger partial charge is 0.497 e. The lowest BCUT2D eigenvalue weighted by atomic mass is 9.96. The molecule has 21 heavy (non-hydrogen) atoms. The van der Waals surface area contributed by atoms with Crippen LogP contribution in [0.1, 0.15) is 11.4 Å². The van der Waals surface area contributed by atoms with Crippen LogP contribution in [0.25, 0.3) is 0 Å². The number of fused-ring (bicyclic) bond motifs is 1. The van der Waals surface area contributed by atoms with Crippen molar-refractivity contribution in [1.29, 1.82) is 0 Å². The van der Waals surface area contributed by atoms with Crippen LogP contribution < -0.4 is 14.8 Å². The Morgan fingerprint density at radius 3 is 3.10 bits per heavy atom. The maximum absolute atomic E-state index is 12.3. The molecule has 0 radical (unpaired) electrons. The van der Waals surface area contributed by atoms with Crippen molar-refractivity contribution >= 4 is 22.6 Å². The van der Waals surface area contributed by atoms with E-state index >= 15 is 0 Å². The van der Waals surface area contributed by atoms with Crippen LogP contribution >= 0.6 is 11.5 Å². The third kappa shape index (κ3) is 2.97. The van der Waals surface area contributed by atoms with Crippen molar-refractivity contribution in [3.05, 3.63) is 29.6 Å². The van der Waals surface area contributed by atoms with E-state index in [1.165, 1.54) is 11.5 Å². The van der Waals surface area contributed by atoms with Gasteiger partial charge in [-0.2, -0.15) is 4.37 Å². The minimum atomic E-state index is -0.242. The predicted molar refractivity (Wildman–Crippen MR) is 79.0 cm³/mol. The molecular weight excluding hydrogens is 290 g/mol. The van der Waals surface area contributed by atoms with Crippen LogP contribution in [0.2, 0.25) is 0 Å². The van der Waals surface area contributed by atoms with Crippen molar-refractivity contribution in [2.24, 2.45) is 5.92 Å². The first-order chi connectivity index (χ1) is 10.2. The Kier molecular flexibility index (Phi) is 3.74. The molecule has 0 fully saturated rings. The van der Waals surface area contributed by atoms with Crippen LogP contribution in [0.15, 0.2) is 18.2 Å². The third-order valence-corrected chi connectivity index (χ3v) is 4.02. The number of hydrogen-bond donors (Lipinski definition) is 1. The number of nitrogens with one attached hydrogen (secondary N) is 1. The molecule has 0 saturated carbocycles. The highest BCUT2D eigenvalue weighted by atomic mass is 32.1. The quantitative estimate of drug-likeness (QED) is 0.939. The molecule has 2 aromatic rings. The standard InChI is InChI=1S/C14H15N3O3S/c1-8-15-14(21-17-8)16-13(18)10-5-9-6-11(19-2)3-4-12(9)20-7-10/h3-4,6,10H,5,7H2,1-2H3,(H,15,16,17,18). The molecule has 1 aromatic carbocycles. The number of rotatable bonds is 3. The molecule has 0 spiro atoms. The first kappa shape index (κ1) is 13.8. The monoisotopic (exact) mass is 305 g/mol. The summed E-state index contributed by atoms with van der Waals surface area (Å²) in [5.74, 6) is 1.89. The molecule has 0 saturated heterocycles. The summed E-state index contributed by atoms with van der Waals surface area (Å²) in [4.78, 5) is 16.4. The van der Waals surface area contributed by atoms with E-state index in [9.17, 15) is 4.79 Å². The Hall–Kier alpha value is -2.15. The summed E-state index contributed by atoms with van der Waals surface area (Å²) in [5, 5.41) is 3.31. The predicted octanol–water partition coefficient (Wildman–Crippen LogP) is 2.04. The molecule has 1 atom stereocenters. The van der Waals surface area contributed by atoms with Crippen molar-refractivity contribution in [1.82, 2.24) is 9.36 Å². The van der Waals surface area contributed by atoms with Crippen LogP contribution in [0.5, 0.6) is 11.5 Å². The van der Waals surface area contributed by atoms with Crippen molar-refractivity contribution in [3.8, 4) is 11.5 Å². The molecule has 110 valence electrons. The number of hydrogen-bond acceptors (Lipinski definition) is 6. The van der Waals surface area contributed by atoms with Crippen molar-refractivity contribution in [2.75, 3.05) is 19.0 Å². The summed E-state index contributed by atoms with van der Waals surface area (Å²) in [6, 6.07) is 5.63. The van der Waals surface area contributed by atoms with E-state index in [4.69, 9.17) is 9.47 Å². The van der Waals surface area contributed by atoms with Gasteiger partial charge in [0.2, 0.25) is 11.0 Å². The fourth-order valence-electron chi connectivity index (χ4n) is 2.22. The van der Waals surface area contributed by atoms with E-state index in [1.54, 1.807) is 14.0 Å². The maximum atomic E-state index is 12.3. The van der Waals surface area contributed by atoms with E-state index < -0.39 is 0 Å². The van der Waals surface area contributed by atoms with Crippen molar-refractivity contribution in [3.63, 3.8) is 0 Å². The second-order valence-corrected chi connectivity index (χ2v) is 5.57.